The summed E-state index contributed by atoms with van der Waals surface area (Å²) >= 11 is 5.81. The number of piperazine rings is 1. The second-order valence-electron chi connectivity index (χ2n) is 6.85. The van der Waals surface area contributed by atoms with Crippen molar-refractivity contribution in [2.75, 3.05) is 39.9 Å². The Bertz CT molecular complexity index is 1110. The molecular weight excluding hydrogens is 460 g/mol. The minimum atomic E-state index is -3.70. The first-order chi connectivity index (χ1) is 15.2. The van der Waals surface area contributed by atoms with Crippen molar-refractivity contribution in [1.82, 2.24) is 9.21 Å². The molecule has 0 saturated carbocycles. The Kier molecular flexibility index (Phi) is 7.49. The number of ether oxygens (including phenoxy) is 2. The van der Waals surface area contributed by atoms with Crippen LogP contribution in [-0.4, -0.2) is 75.4 Å². The van der Waals surface area contributed by atoms with E-state index >= 15 is 0 Å². The quantitative estimate of drug-likeness (QED) is 0.580. The Hall–Kier alpha value is -2.95. The fraction of sp³-hybridized carbons (Fsp3) is 0.286. The third-order valence-corrected chi connectivity index (χ3v) is 7.09. The number of hydrogen-bond acceptors (Lipinski definition) is 7. The van der Waals surface area contributed by atoms with Crippen molar-refractivity contribution in [3.8, 4) is 0 Å². The molecule has 1 heterocycles. The van der Waals surface area contributed by atoms with E-state index in [0.29, 0.717) is 5.02 Å². The van der Waals surface area contributed by atoms with Gasteiger partial charge in [0.15, 0.2) is 6.61 Å². The molecule has 2 aromatic rings. The van der Waals surface area contributed by atoms with Gasteiger partial charge >= 0.3 is 11.9 Å². The Morgan fingerprint density at radius 2 is 1.47 bits per heavy atom. The third kappa shape index (κ3) is 5.26. The summed E-state index contributed by atoms with van der Waals surface area (Å²) in [6.45, 7) is -0.00613. The van der Waals surface area contributed by atoms with E-state index in [2.05, 4.69) is 4.74 Å². The van der Waals surface area contributed by atoms with Gasteiger partial charge in [0.2, 0.25) is 10.0 Å². The third-order valence-electron chi connectivity index (χ3n) is 4.92. The predicted octanol–water partition coefficient (Wildman–Crippen LogP) is 1.82. The molecule has 1 amide bonds. The van der Waals surface area contributed by atoms with Crippen LogP contribution in [0.1, 0.15) is 20.7 Å². The lowest BCUT2D eigenvalue weighted by atomic mass is 10.1. The predicted molar refractivity (Wildman–Crippen MR) is 115 cm³/mol. The lowest BCUT2D eigenvalue weighted by Crippen LogP contribution is -2.51. The Morgan fingerprint density at radius 1 is 0.906 bits per heavy atom. The van der Waals surface area contributed by atoms with Gasteiger partial charge in [-0.15, -0.1) is 0 Å². The number of amides is 1. The van der Waals surface area contributed by atoms with E-state index in [1.54, 1.807) is 12.1 Å². The lowest BCUT2D eigenvalue weighted by Gasteiger charge is -2.33. The van der Waals surface area contributed by atoms with E-state index in [9.17, 15) is 22.8 Å². The van der Waals surface area contributed by atoms with E-state index in [1.807, 2.05) is 0 Å². The van der Waals surface area contributed by atoms with Gasteiger partial charge in [0.1, 0.15) is 0 Å². The molecular formula is C21H21ClN2O7S. The van der Waals surface area contributed by atoms with Gasteiger partial charge in [-0.05, 0) is 36.4 Å². The lowest BCUT2D eigenvalue weighted by molar-refractivity contribution is -0.135. The van der Waals surface area contributed by atoms with Crippen molar-refractivity contribution in [2.24, 2.45) is 0 Å². The molecule has 1 saturated heterocycles. The average molecular weight is 481 g/mol. The topological polar surface area (TPSA) is 110 Å². The zero-order chi connectivity index (χ0) is 23.3. The minimum Gasteiger partial charge on any atom is -0.465 e. The number of esters is 2. The van der Waals surface area contributed by atoms with Crippen LogP contribution in [0, 0.1) is 0 Å². The molecule has 1 fully saturated rings. The molecule has 0 atom stereocenters. The molecule has 170 valence electrons. The molecule has 0 spiro atoms. The van der Waals surface area contributed by atoms with E-state index in [4.69, 9.17) is 16.3 Å². The fourth-order valence-electron chi connectivity index (χ4n) is 3.18. The highest BCUT2D eigenvalue weighted by atomic mass is 35.5. The number of carbonyl (C=O) groups is 3. The number of nitrogens with zero attached hydrogens (tertiary/aromatic N) is 2. The summed E-state index contributed by atoms with van der Waals surface area (Å²) < 4.78 is 36.5. The van der Waals surface area contributed by atoms with Crippen molar-refractivity contribution < 1.29 is 32.3 Å². The number of sulfonamides is 1. The van der Waals surface area contributed by atoms with Crippen LogP contribution in [0.5, 0.6) is 0 Å². The second-order valence-corrected chi connectivity index (χ2v) is 9.23. The zero-order valence-corrected chi connectivity index (χ0v) is 18.8. The zero-order valence-electron chi connectivity index (χ0n) is 17.2. The van der Waals surface area contributed by atoms with Gasteiger partial charge < -0.3 is 14.4 Å². The molecule has 11 heteroatoms. The van der Waals surface area contributed by atoms with Gasteiger partial charge in [0.05, 0.1) is 23.1 Å². The molecule has 0 unspecified atom stereocenters. The summed E-state index contributed by atoms with van der Waals surface area (Å²) in [5.41, 5.74) is 0.0273. The molecule has 0 radical (unpaired) electrons. The van der Waals surface area contributed by atoms with Crippen LogP contribution in [-0.2, 0) is 24.3 Å². The molecule has 9 nitrogen and oxygen atoms in total. The van der Waals surface area contributed by atoms with Gasteiger partial charge in [0, 0.05) is 31.2 Å². The molecule has 3 rings (SSSR count). The number of rotatable bonds is 6. The SMILES string of the molecule is COC(=O)c1ccccc1C(=O)OCC(=O)N1CCN(S(=O)(=O)c2ccc(Cl)cc2)CC1. The standard InChI is InChI=1S/C21H21ClN2O7S/c1-30-20(26)17-4-2-3-5-18(17)21(27)31-14-19(25)23-10-12-24(13-11-23)32(28,29)16-8-6-15(22)7-9-16/h2-9H,10-14H2,1H3. The van der Waals surface area contributed by atoms with Crippen LogP contribution in [0.2, 0.25) is 5.02 Å². The monoisotopic (exact) mass is 480 g/mol. The van der Waals surface area contributed by atoms with Crippen LogP contribution < -0.4 is 0 Å². The summed E-state index contributed by atoms with van der Waals surface area (Å²) in [6.07, 6.45) is 0. The number of hydrogen-bond donors (Lipinski definition) is 0. The molecule has 2 aromatic carbocycles. The fourth-order valence-corrected chi connectivity index (χ4v) is 4.73. The highest BCUT2D eigenvalue weighted by molar-refractivity contribution is 7.89. The number of benzene rings is 2. The molecule has 0 aromatic heterocycles. The first kappa shape index (κ1) is 23.7. The maximum absolute atomic E-state index is 12.7. The molecule has 0 bridgehead atoms. The summed E-state index contributed by atoms with van der Waals surface area (Å²) in [7, 11) is -2.50. The molecule has 1 aliphatic heterocycles. The molecule has 1 aliphatic rings. The normalized spacial score (nSPS) is 14.6. The number of carbonyl (C=O) groups excluding carboxylic acids is 3. The van der Waals surface area contributed by atoms with Crippen LogP contribution in [0.3, 0.4) is 0 Å². The van der Waals surface area contributed by atoms with Gasteiger partial charge in [-0.25, -0.2) is 18.0 Å². The van der Waals surface area contributed by atoms with E-state index in [1.165, 1.54) is 52.7 Å². The minimum absolute atomic E-state index is 0.00831. The second kappa shape index (κ2) is 10.1. The van der Waals surface area contributed by atoms with Crippen molar-refractivity contribution in [2.45, 2.75) is 4.90 Å². The van der Waals surface area contributed by atoms with Crippen molar-refractivity contribution in [3.63, 3.8) is 0 Å². The van der Waals surface area contributed by atoms with E-state index in [-0.39, 0.29) is 42.2 Å². The number of halogens is 1. The largest absolute Gasteiger partial charge is 0.465 e. The molecule has 0 N–H and O–H groups in total. The maximum atomic E-state index is 12.7. The number of methoxy groups -OCH3 is 1. The van der Waals surface area contributed by atoms with Crippen LogP contribution in [0.15, 0.2) is 53.4 Å². The van der Waals surface area contributed by atoms with Crippen LogP contribution in [0.25, 0.3) is 0 Å². The smallest absolute Gasteiger partial charge is 0.339 e. The summed E-state index contributed by atoms with van der Waals surface area (Å²) in [5.74, 6) is -1.98. The van der Waals surface area contributed by atoms with Crippen molar-refractivity contribution in [1.29, 1.82) is 0 Å². The van der Waals surface area contributed by atoms with Gasteiger partial charge in [0.25, 0.3) is 5.91 Å². The van der Waals surface area contributed by atoms with Crippen molar-refractivity contribution in [3.05, 3.63) is 64.7 Å². The Balaban J connectivity index is 1.56. The van der Waals surface area contributed by atoms with Crippen molar-refractivity contribution >= 4 is 39.5 Å². The Labute approximate surface area is 190 Å². The highest BCUT2D eigenvalue weighted by Gasteiger charge is 2.30. The van der Waals surface area contributed by atoms with Gasteiger partial charge in [-0.3, -0.25) is 4.79 Å². The van der Waals surface area contributed by atoms with Gasteiger partial charge in [-0.1, -0.05) is 23.7 Å². The molecule has 32 heavy (non-hydrogen) atoms. The summed E-state index contributed by atoms with van der Waals surface area (Å²) in [5, 5.41) is 0.433. The van der Waals surface area contributed by atoms with Crippen LogP contribution >= 0.6 is 11.6 Å². The molecule has 0 aliphatic carbocycles. The van der Waals surface area contributed by atoms with E-state index < -0.39 is 34.5 Å². The van der Waals surface area contributed by atoms with Crippen LogP contribution in [0.4, 0.5) is 0 Å². The maximum Gasteiger partial charge on any atom is 0.339 e. The Morgan fingerprint density at radius 3 is 2.03 bits per heavy atom. The first-order valence-corrected chi connectivity index (χ1v) is 11.4. The average Bonchev–Trinajstić information content (AvgIpc) is 2.82. The van der Waals surface area contributed by atoms with Gasteiger partial charge in [-0.2, -0.15) is 4.31 Å². The summed E-state index contributed by atoms with van der Waals surface area (Å²) in [4.78, 5) is 38.1. The van der Waals surface area contributed by atoms with E-state index in [0.717, 1.165) is 0 Å². The first-order valence-electron chi connectivity index (χ1n) is 9.62. The summed E-state index contributed by atoms with van der Waals surface area (Å²) in [6, 6.07) is 11.8. The highest BCUT2D eigenvalue weighted by Crippen LogP contribution is 2.20.